The Kier molecular flexibility index (Phi) is 7.74. The van der Waals surface area contributed by atoms with Crippen molar-refractivity contribution in [2.24, 2.45) is 0 Å². The van der Waals surface area contributed by atoms with Crippen LogP contribution in [0.25, 0.3) is 0 Å². The van der Waals surface area contributed by atoms with Crippen LogP contribution in [0.1, 0.15) is 33.1 Å². The molecule has 0 aliphatic carbocycles. The molecule has 0 aliphatic rings. The molecule has 0 aromatic heterocycles. The highest BCUT2D eigenvalue weighted by molar-refractivity contribution is 4.81. The first-order valence-electron chi connectivity index (χ1n) is 5.83. The summed E-state index contributed by atoms with van der Waals surface area (Å²) in [5.74, 6) is 0. The lowest BCUT2D eigenvalue weighted by Gasteiger charge is -2.28. The van der Waals surface area contributed by atoms with E-state index in [2.05, 4.69) is 10.1 Å². The van der Waals surface area contributed by atoms with E-state index in [1.165, 1.54) is 0 Å². The van der Waals surface area contributed by atoms with Crippen LogP contribution in [0.4, 0.5) is 13.2 Å². The van der Waals surface area contributed by atoms with Gasteiger partial charge in [-0.05, 0) is 32.7 Å². The van der Waals surface area contributed by atoms with Crippen molar-refractivity contribution in [1.29, 1.82) is 0 Å². The van der Waals surface area contributed by atoms with Gasteiger partial charge in [-0.3, -0.25) is 0 Å². The Morgan fingerprint density at radius 2 is 1.94 bits per heavy atom. The third kappa shape index (κ3) is 9.38. The molecule has 0 heterocycles. The van der Waals surface area contributed by atoms with Crippen LogP contribution in [0.5, 0.6) is 0 Å². The summed E-state index contributed by atoms with van der Waals surface area (Å²) < 4.78 is 39.8. The number of aliphatic hydroxyl groups excluding tert-OH is 1. The molecule has 0 aromatic rings. The van der Waals surface area contributed by atoms with Crippen LogP contribution in [-0.4, -0.2) is 43.2 Å². The van der Waals surface area contributed by atoms with Crippen LogP contribution in [0.3, 0.4) is 0 Å². The average Bonchev–Trinajstić information content (AvgIpc) is 2.24. The first-order valence-corrected chi connectivity index (χ1v) is 5.83. The van der Waals surface area contributed by atoms with E-state index in [1.807, 2.05) is 13.8 Å². The van der Waals surface area contributed by atoms with Gasteiger partial charge in [0, 0.05) is 12.1 Å². The fourth-order valence-corrected chi connectivity index (χ4v) is 1.40. The number of rotatable bonds is 9. The second kappa shape index (κ2) is 7.89. The van der Waals surface area contributed by atoms with E-state index in [9.17, 15) is 18.3 Å². The van der Waals surface area contributed by atoms with Crippen molar-refractivity contribution in [3.63, 3.8) is 0 Å². The largest absolute Gasteiger partial charge is 0.411 e. The zero-order valence-electron chi connectivity index (χ0n) is 10.4. The van der Waals surface area contributed by atoms with Gasteiger partial charge in [0.25, 0.3) is 0 Å². The number of alkyl halides is 3. The molecule has 0 fully saturated rings. The van der Waals surface area contributed by atoms with Gasteiger partial charge in [0.2, 0.25) is 0 Å². The van der Waals surface area contributed by atoms with Crippen molar-refractivity contribution < 1.29 is 23.0 Å². The summed E-state index contributed by atoms with van der Waals surface area (Å²) in [4.78, 5) is 0. The number of nitrogens with one attached hydrogen (secondary N) is 1. The minimum atomic E-state index is -4.26. The highest BCUT2D eigenvalue weighted by Crippen LogP contribution is 2.16. The lowest BCUT2D eigenvalue weighted by molar-refractivity contribution is -0.174. The second-order valence-corrected chi connectivity index (χ2v) is 4.42. The van der Waals surface area contributed by atoms with Crippen molar-refractivity contribution in [3.8, 4) is 0 Å². The van der Waals surface area contributed by atoms with E-state index < -0.39 is 18.3 Å². The molecule has 104 valence electrons. The number of hydrogen-bond donors (Lipinski definition) is 2. The van der Waals surface area contributed by atoms with Gasteiger partial charge in [0.05, 0.1) is 6.61 Å². The SMILES string of the molecule is CCCNC(C)(CO)CCCOCC(F)(F)F. The van der Waals surface area contributed by atoms with Crippen LogP contribution in [0.15, 0.2) is 0 Å². The third-order valence-corrected chi connectivity index (χ3v) is 2.43. The van der Waals surface area contributed by atoms with Crippen LogP contribution >= 0.6 is 0 Å². The zero-order valence-corrected chi connectivity index (χ0v) is 10.4. The van der Waals surface area contributed by atoms with E-state index in [0.717, 1.165) is 13.0 Å². The highest BCUT2D eigenvalue weighted by Gasteiger charge is 2.27. The Labute approximate surface area is 100 Å². The predicted octanol–water partition coefficient (Wildman–Crippen LogP) is 2.10. The first kappa shape index (κ1) is 16.7. The van der Waals surface area contributed by atoms with Gasteiger partial charge in [0.15, 0.2) is 0 Å². The Balaban J connectivity index is 3.69. The van der Waals surface area contributed by atoms with Crippen molar-refractivity contribution in [2.45, 2.75) is 44.8 Å². The molecule has 0 saturated carbocycles. The number of ether oxygens (including phenoxy) is 1. The Bertz CT molecular complexity index is 200. The molecular formula is C11H22F3NO2. The topological polar surface area (TPSA) is 41.5 Å². The lowest BCUT2D eigenvalue weighted by atomic mass is 9.97. The summed E-state index contributed by atoms with van der Waals surface area (Å²) in [6.07, 6.45) is -2.24. The summed E-state index contributed by atoms with van der Waals surface area (Å²) in [5, 5.41) is 12.4. The molecule has 0 radical (unpaired) electrons. The maximum absolute atomic E-state index is 11.8. The molecule has 0 aromatic carbocycles. The fraction of sp³-hybridized carbons (Fsp3) is 1.00. The molecule has 2 N–H and O–H groups in total. The van der Waals surface area contributed by atoms with E-state index in [-0.39, 0.29) is 13.2 Å². The minimum absolute atomic E-state index is 0.0354. The molecule has 0 saturated heterocycles. The lowest BCUT2D eigenvalue weighted by Crippen LogP contribution is -2.46. The molecule has 1 unspecified atom stereocenters. The van der Waals surface area contributed by atoms with Gasteiger partial charge >= 0.3 is 6.18 Å². The molecule has 0 rings (SSSR count). The van der Waals surface area contributed by atoms with Crippen LogP contribution in [-0.2, 0) is 4.74 Å². The maximum Gasteiger partial charge on any atom is 0.411 e. The van der Waals surface area contributed by atoms with Gasteiger partial charge in [-0.1, -0.05) is 6.92 Å². The van der Waals surface area contributed by atoms with Crippen molar-refractivity contribution in [2.75, 3.05) is 26.4 Å². The van der Waals surface area contributed by atoms with Gasteiger partial charge in [-0.2, -0.15) is 13.2 Å². The average molecular weight is 257 g/mol. The first-order chi connectivity index (χ1) is 7.83. The van der Waals surface area contributed by atoms with E-state index in [1.54, 1.807) is 0 Å². The van der Waals surface area contributed by atoms with Gasteiger partial charge in [-0.25, -0.2) is 0 Å². The van der Waals surface area contributed by atoms with Crippen LogP contribution < -0.4 is 5.32 Å². The third-order valence-electron chi connectivity index (χ3n) is 2.43. The number of halogens is 3. The Hall–Kier alpha value is -0.330. The van der Waals surface area contributed by atoms with Gasteiger partial charge in [0.1, 0.15) is 6.61 Å². The summed E-state index contributed by atoms with van der Waals surface area (Å²) in [7, 11) is 0. The maximum atomic E-state index is 11.8. The smallest absolute Gasteiger partial charge is 0.394 e. The standard InChI is InChI=1S/C11H22F3NO2/c1-3-6-15-10(2,8-16)5-4-7-17-9-11(12,13)14/h15-16H,3-9H2,1-2H3. The molecule has 3 nitrogen and oxygen atoms in total. The second-order valence-electron chi connectivity index (χ2n) is 4.42. The molecule has 0 spiro atoms. The van der Waals surface area contributed by atoms with Crippen molar-refractivity contribution in [1.82, 2.24) is 5.32 Å². The number of hydrogen-bond acceptors (Lipinski definition) is 3. The minimum Gasteiger partial charge on any atom is -0.394 e. The van der Waals surface area contributed by atoms with E-state index in [0.29, 0.717) is 12.8 Å². The molecule has 17 heavy (non-hydrogen) atoms. The van der Waals surface area contributed by atoms with Crippen LogP contribution in [0.2, 0.25) is 0 Å². The Morgan fingerprint density at radius 1 is 1.29 bits per heavy atom. The summed E-state index contributed by atoms with van der Waals surface area (Å²) in [6.45, 7) is 3.46. The molecule has 6 heteroatoms. The summed E-state index contributed by atoms with van der Waals surface area (Å²) in [6, 6.07) is 0. The van der Waals surface area contributed by atoms with Crippen LogP contribution in [0, 0.1) is 0 Å². The quantitative estimate of drug-likeness (QED) is 0.621. The molecule has 0 bridgehead atoms. The van der Waals surface area contributed by atoms with Crippen molar-refractivity contribution >= 4 is 0 Å². The van der Waals surface area contributed by atoms with E-state index >= 15 is 0 Å². The molecule has 1 atom stereocenters. The molecule has 0 aliphatic heterocycles. The Morgan fingerprint density at radius 3 is 2.41 bits per heavy atom. The van der Waals surface area contributed by atoms with Gasteiger partial charge < -0.3 is 15.2 Å². The zero-order chi connectivity index (χ0) is 13.4. The molecular weight excluding hydrogens is 235 g/mol. The number of aliphatic hydroxyl groups is 1. The van der Waals surface area contributed by atoms with E-state index in [4.69, 9.17) is 0 Å². The van der Waals surface area contributed by atoms with Crippen molar-refractivity contribution in [3.05, 3.63) is 0 Å². The highest BCUT2D eigenvalue weighted by atomic mass is 19.4. The predicted molar refractivity (Wildman–Crippen MR) is 59.9 cm³/mol. The van der Waals surface area contributed by atoms with Gasteiger partial charge in [-0.15, -0.1) is 0 Å². The molecule has 0 amide bonds. The monoisotopic (exact) mass is 257 g/mol. The normalized spacial score (nSPS) is 15.9. The fourth-order valence-electron chi connectivity index (χ4n) is 1.40. The summed E-state index contributed by atoms with van der Waals surface area (Å²) >= 11 is 0. The summed E-state index contributed by atoms with van der Waals surface area (Å²) in [5.41, 5.74) is -0.433.